The van der Waals surface area contributed by atoms with Crippen LogP contribution in [-0.4, -0.2) is 27.6 Å². The summed E-state index contributed by atoms with van der Waals surface area (Å²) >= 11 is 6.36. The second-order valence-corrected chi connectivity index (χ2v) is 6.92. The van der Waals surface area contributed by atoms with Crippen LogP contribution in [-0.2, 0) is 16.0 Å². The molecule has 1 aromatic heterocycles. The van der Waals surface area contributed by atoms with Crippen LogP contribution in [0.3, 0.4) is 0 Å². The van der Waals surface area contributed by atoms with Crippen LogP contribution in [0.25, 0.3) is 17.0 Å². The van der Waals surface area contributed by atoms with Crippen molar-refractivity contribution in [1.29, 1.82) is 0 Å². The largest absolute Gasteiger partial charge is 0.550 e. The lowest BCUT2D eigenvalue weighted by Gasteiger charge is -2.14. The highest BCUT2D eigenvalue weighted by Gasteiger charge is 2.32. The van der Waals surface area contributed by atoms with Crippen LogP contribution < -0.4 is 5.11 Å². The van der Waals surface area contributed by atoms with Gasteiger partial charge in [-0.15, -0.1) is 0 Å². The number of carboxylic acid groups (broad SMARTS) is 1. The molecule has 0 bridgehead atoms. The summed E-state index contributed by atoms with van der Waals surface area (Å²) in [5.74, 6) is -0.683. The molecule has 1 saturated heterocycles. The summed E-state index contributed by atoms with van der Waals surface area (Å²) in [4.78, 5) is 24.9. The smallest absolute Gasteiger partial charge is 0.266 e. The fraction of sp³-hybridized carbons (Fsp3) is 0.235. The molecule has 3 rings (SSSR count). The molecule has 0 atom stereocenters. The van der Waals surface area contributed by atoms with Crippen molar-refractivity contribution in [3.05, 3.63) is 40.5 Å². The van der Waals surface area contributed by atoms with E-state index in [1.165, 1.54) is 16.7 Å². The Kier molecular flexibility index (Phi) is 4.73. The molecule has 1 aromatic carbocycles. The zero-order valence-corrected chi connectivity index (χ0v) is 14.5. The first-order chi connectivity index (χ1) is 11.5. The predicted octanol–water partition coefficient (Wildman–Crippen LogP) is 2.34. The summed E-state index contributed by atoms with van der Waals surface area (Å²) in [7, 11) is 0. The molecule has 7 heteroatoms. The van der Waals surface area contributed by atoms with E-state index < -0.39 is 5.97 Å². The van der Waals surface area contributed by atoms with Gasteiger partial charge in [0.05, 0.1) is 4.91 Å². The second-order valence-electron chi connectivity index (χ2n) is 5.24. The van der Waals surface area contributed by atoms with Crippen LogP contribution in [0.2, 0.25) is 0 Å². The van der Waals surface area contributed by atoms with E-state index in [1.807, 2.05) is 31.2 Å². The minimum atomic E-state index is -1.21. The Labute approximate surface area is 148 Å². The number of rotatable bonds is 5. The number of carboxylic acids is 1. The number of thioether (sulfide) groups is 1. The summed E-state index contributed by atoms with van der Waals surface area (Å²) < 4.78 is 6.19. The number of nitrogens with zero attached hydrogens (tertiary/aromatic N) is 1. The monoisotopic (exact) mass is 360 g/mol. The molecule has 0 N–H and O–H groups in total. The lowest BCUT2D eigenvalue weighted by molar-refractivity contribution is -0.305. The summed E-state index contributed by atoms with van der Waals surface area (Å²) in [5, 5.41) is 11.6. The maximum atomic E-state index is 12.5. The average Bonchev–Trinajstić information content (AvgIpc) is 3.04. The van der Waals surface area contributed by atoms with E-state index in [2.05, 4.69) is 0 Å². The van der Waals surface area contributed by atoms with E-state index in [9.17, 15) is 14.7 Å². The van der Waals surface area contributed by atoms with Gasteiger partial charge in [-0.25, -0.2) is 0 Å². The van der Waals surface area contributed by atoms with Gasteiger partial charge in [-0.05, 0) is 12.1 Å². The van der Waals surface area contributed by atoms with Crippen molar-refractivity contribution < 1.29 is 19.1 Å². The number of thiocarbonyl (C=S) groups is 1. The number of hydrogen-bond donors (Lipinski definition) is 0. The quantitative estimate of drug-likeness (QED) is 0.602. The highest BCUT2D eigenvalue weighted by Crippen LogP contribution is 2.36. The van der Waals surface area contributed by atoms with Crippen molar-refractivity contribution in [1.82, 2.24) is 4.90 Å². The van der Waals surface area contributed by atoms with E-state index in [0.29, 0.717) is 15.6 Å². The number of aryl methyl sites for hydroxylation is 1. The molecule has 124 valence electrons. The number of aliphatic carboxylic acids is 1. The number of furan rings is 1. The molecule has 0 radical (unpaired) electrons. The summed E-state index contributed by atoms with van der Waals surface area (Å²) in [5.41, 5.74) is 1.64. The molecule has 2 aromatic rings. The molecule has 1 fully saturated rings. The van der Waals surface area contributed by atoms with Gasteiger partial charge >= 0.3 is 0 Å². The zero-order chi connectivity index (χ0) is 17.3. The topological polar surface area (TPSA) is 73.6 Å². The highest BCUT2D eigenvalue weighted by molar-refractivity contribution is 8.26. The Morgan fingerprint density at radius 2 is 2.17 bits per heavy atom. The Balaban J connectivity index is 1.96. The van der Waals surface area contributed by atoms with Crippen LogP contribution >= 0.6 is 24.0 Å². The molecule has 1 aliphatic heterocycles. The fourth-order valence-corrected chi connectivity index (χ4v) is 3.85. The second kappa shape index (κ2) is 6.78. The van der Waals surface area contributed by atoms with Crippen LogP contribution in [0.5, 0.6) is 0 Å². The van der Waals surface area contributed by atoms with Crippen molar-refractivity contribution in [3.63, 3.8) is 0 Å². The van der Waals surface area contributed by atoms with Crippen molar-refractivity contribution in [2.75, 3.05) is 6.54 Å². The van der Waals surface area contributed by atoms with Gasteiger partial charge in [0.2, 0.25) is 0 Å². The van der Waals surface area contributed by atoms with Gasteiger partial charge in [0.15, 0.2) is 0 Å². The van der Waals surface area contributed by atoms with Gasteiger partial charge in [0, 0.05) is 36.3 Å². The van der Waals surface area contributed by atoms with E-state index in [1.54, 1.807) is 6.08 Å². The molecular weight excluding hydrogens is 346 g/mol. The minimum Gasteiger partial charge on any atom is -0.550 e. The minimum absolute atomic E-state index is 0.0249. The molecule has 0 aliphatic carbocycles. The lowest BCUT2D eigenvalue weighted by atomic mass is 10.1. The first kappa shape index (κ1) is 16.7. The van der Waals surface area contributed by atoms with Gasteiger partial charge < -0.3 is 14.3 Å². The van der Waals surface area contributed by atoms with E-state index in [-0.39, 0.29) is 18.9 Å². The van der Waals surface area contributed by atoms with Gasteiger partial charge in [0.1, 0.15) is 15.7 Å². The Bertz CT molecular complexity index is 869. The number of amides is 1. The van der Waals surface area contributed by atoms with Gasteiger partial charge in [-0.1, -0.05) is 49.1 Å². The molecule has 0 unspecified atom stereocenters. The Hall–Kier alpha value is -2.12. The Morgan fingerprint density at radius 3 is 2.88 bits per heavy atom. The molecule has 0 saturated carbocycles. The molecule has 1 aliphatic rings. The number of hydrogen-bond acceptors (Lipinski definition) is 6. The molecular formula is C17H14NO4S2-. The fourth-order valence-electron chi connectivity index (χ4n) is 2.56. The van der Waals surface area contributed by atoms with Crippen molar-refractivity contribution in [2.24, 2.45) is 0 Å². The Morgan fingerprint density at radius 1 is 1.42 bits per heavy atom. The van der Waals surface area contributed by atoms with Crippen LogP contribution in [0.15, 0.2) is 33.6 Å². The molecule has 0 spiro atoms. The van der Waals surface area contributed by atoms with E-state index in [0.717, 1.165) is 22.3 Å². The summed E-state index contributed by atoms with van der Waals surface area (Å²) in [6, 6.07) is 7.64. The normalized spacial score (nSPS) is 16.5. The number of fused-ring (bicyclic) bond motifs is 1. The van der Waals surface area contributed by atoms with Gasteiger partial charge in [-0.2, -0.15) is 0 Å². The lowest BCUT2D eigenvalue weighted by Crippen LogP contribution is -2.33. The number of carbonyl (C=O) groups excluding carboxylic acids is 2. The molecule has 2 heterocycles. The third-order valence-corrected chi connectivity index (χ3v) is 5.10. The summed E-state index contributed by atoms with van der Waals surface area (Å²) in [6.45, 7) is 2.01. The summed E-state index contributed by atoms with van der Waals surface area (Å²) in [6.07, 6.45) is 2.24. The number of para-hydroxylation sites is 1. The van der Waals surface area contributed by atoms with E-state index >= 15 is 0 Å². The first-order valence-corrected chi connectivity index (χ1v) is 8.69. The first-order valence-electron chi connectivity index (χ1n) is 7.47. The average molecular weight is 360 g/mol. The van der Waals surface area contributed by atoms with Crippen molar-refractivity contribution in [2.45, 2.75) is 19.8 Å². The van der Waals surface area contributed by atoms with Crippen LogP contribution in [0.1, 0.15) is 24.7 Å². The third-order valence-electron chi connectivity index (χ3n) is 3.72. The van der Waals surface area contributed by atoms with Crippen LogP contribution in [0.4, 0.5) is 0 Å². The third kappa shape index (κ3) is 3.09. The predicted molar refractivity (Wildman–Crippen MR) is 95.1 cm³/mol. The standard InChI is InChI=1S/C17H15NO4S2/c1-2-12-11(10-5-3-4-6-13(10)22-12)9-14-16(21)18(17(23)24-14)8-7-15(19)20/h3-6,9H,2,7-8H2,1H3,(H,19,20)/p-1/b14-9-. The maximum absolute atomic E-state index is 12.5. The van der Waals surface area contributed by atoms with Crippen molar-refractivity contribution in [3.8, 4) is 0 Å². The van der Waals surface area contributed by atoms with Gasteiger partial charge in [-0.3, -0.25) is 9.69 Å². The molecule has 1 amide bonds. The number of benzene rings is 1. The maximum Gasteiger partial charge on any atom is 0.266 e. The molecule has 24 heavy (non-hydrogen) atoms. The van der Waals surface area contributed by atoms with Crippen molar-refractivity contribution >= 4 is 57.2 Å². The molecule has 5 nitrogen and oxygen atoms in total. The SMILES string of the molecule is CCc1oc2ccccc2c1/C=C1\SC(=S)N(CCC(=O)[O-])C1=O. The van der Waals surface area contributed by atoms with Gasteiger partial charge in [0.25, 0.3) is 5.91 Å². The van der Waals surface area contributed by atoms with Crippen LogP contribution in [0, 0.1) is 0 Å². The highest BCUT2D eigenvalue weighted by atomic mass is 32.2. The van der Waals surface area contributed by atoms with E-state index in [4.69, 9.17) is 16.6 Å². The number of carbonyl (C=O) groups is 2. The zero-order valence-electron chi connectivity index (χ0n) is 12.9.